The van der Waals surface area contributed by atoms with Crippen LogP contribution in [-0.2, 0) is 10.0 Å². The Labute approximate surface area is 203 Å². The van der Waals surface area contributed by atoms with Crippen LogP contribution in [-0.4, -0.2) is 75.4 Å². The van der Waals surface area contributed by atoms with Crippen molar-refractivity contribution in [1.82, 2.24) is 14.5 Å². The Hall–Kier alpha value is -2.42. The van der Waals surface area contributed by atoms with Gasteiger partial charge in [0.15, 0.2) is 0 Å². The molecule has 2 aliphatic heterocycles. The lowest BCUT2D eigenvalue weighted by atomic mass is 10.0. The Kier molecular flexibility index (Phi) is 8.24. The summed E-state index contributed by atoms with van der Waals surface area (Å²) in [7, 11) is -3.65. The molecule has 2 saturated heterocycles. The molecule has 1 N–H and O–H groups in total. The first-order valence-corrected chi connectivity index (χ1v) is 13.8. The molecule has 1 atom stereocenters. The Morgan fingerprint density at radius 3 is 2.47 bits per heavy atom. The van der Waals surface area contributed by atoms with Crippen LogP contribution in [0.2, 0.25) is 0 Å². The van der Waals surface area contributed by atoms with E-state index in [1.807, 2.05) is 30.3 Å². The highest BCUT2D eigenvalue weighted by Crippen LogP contribution is 2.22. The summed E-state index contributed by atoms with van der Waals surface area (Å²) in [6.07, 6.45) is 4.68. The van der Waals surface area contributed by atoms with E-state index in [0.717, 1.165) is 25.2 Å². The van der Waals surface area contributed by atoms with Gasteiger partial charge in [0.2, 0.25) is 10.0 Å². The minimum atomic E-state index is -3.65. The fourth-order valence-electron chi connectivity index (χ4n) is 4.85. The van der Waals surface area contributed by atoms with Gasteiger partial charge in [-0.2, -0.15) is 4.31 Å². The van der Waals surface area contributed by atoms with Crippen molar-refractivity contribution >= 4 is 21.6 Å². The number of para-hydroxylation sites is 1. The zero-order valence-electron chi connectivity index (χ0n) is 20.0. The van der Waals surface area contributed by atoms with E-state index < -0.39 is 10.0 Å². The lowest BCUT2D eigenvalue weighted by molar-refractivity contribution is 0.0948. The SMILES string of the molecule is C[C@@H]1CCCCN1CCCNC(=O)c1cccc(S(=O)(=O)N2CCN(c3ccccc3)CC2)c1. The van der Waals surface area contributed by atoms with Gasteiger partial charge in [-0.05, 0) is 63.1 Å². The van der Waals surface area contributed by atoms with Crippen LogP contribution >= 0.6 is 0 Å². The maximum Gasteiger partial charge on any atom is 0.251 e. The van der Waals surface area contributed by atoms with Crippen molar-refractivity contribution < 1.29 is 13.2 Å². The molecule has 2 aromatic carbocycles. The molecule has 0 bridgehead atoms. The second kappa shape index (κ2) is 11.3. The zero-order chi connectivity index (χ0) is 24.0. The van der Waals surface area contributed by atoms with Gasteiger partial charge >= 0.3 is 0 Å². The number of sulfonamides is 1. The zero-order valence-corrected chi connectivity index (χ0v) is 20.8. The number of likely N-dealkylation sites (tertiary alicyclic amines) is 1. The summed E-state index contributed by atoms with van der Waals surface area (Å²) in [6, 6.07) is 17.1. The molecule has 0 saturated carbocycles. The number of nitrogens with zero attached hydrogens (tertiary/aromatic N) is 3. The van der Waals surface area contributed by atoms with Gasteiger partial charge in [0, 0.05) is 56.6 Å². The van der Waals surface area contributed by atoms with Crippen molar-refractivity contribution in [3.63, 3.8) is 0 Å². The third kappa shape index (κ3) is 5.98. The fourth-order valence-corrected chi connectivity index (χ4v) is 6.32. The molecule has 2 aromatic rings. The Bertz CT molecular complexity index is 1050. The van der Waals surface area contributed by atoms with E-state index >= 15 is 0 Å². The number of hydrogen-bond acceptors (Lipinski definition) is 5. The van der Waals surface area contributed by atoms with Gasteiger partial charge in [0.05, 0.1) is 4.90 Å². The van der Waals surface area contributed by atoms with Gasteiger partial charge in [-0.15, -0.1) is 0 Å². The van der Waals surface area contributed by atoms with Crippen LogP contribution < -0.4 is 10.2 Å². The maximum atomic E-state index is 13.2. The summed E-state index contributed by atoms with van der Waals surface area (Å²) in [5, 5.41) is 2.95. The van der Waals surface area contributed by atoms with Gasteiger partial charge in [-0.3, -0.25) is 4.79 Å². The molecule has 8 heteroatoms. The molecule has 184 valence electrons. The highest BCUT2D eigenvalue weighted by molar-refractivity contribution is 7.89. The molecule has 34 heavy (non-hydrogen) atoms. The van der Waals surface area contributed by atoms with Crippen LogP contribution in [0.5, 0.6) is 0 Å². The van der Waals surface area contributed by atoms with Crippen molar-refractivity contribution in [3.8, 4) is 0 Å². The fraction of sp³-hybridized carbons (Fsp3) is 0.500. The molecule has 7 nitrogen and oxygen atoms in total. The van der Waals surface area contributed by atoms with Gasteiger partial charge in [-0.25, -0.2) is 8.42 Å². The minimum Gasteiger partial charge on any atom is -0.369 e. The highest BCUT2D eigenvalue weighted by Gasteiger charge is 2.29. The number of nitrogens with one attached hydrogen (secondary N) is 1. The number of hydrogen-bond donors (Lipinski definition) is 1. The molecule has 0 spiro atoms. The number of rotatable bonds is 8. The number of benzene rings is 2. The summed E-state index contributed by atoms with van der Waals surface area (Å²) >= 11 is 0. The van der Waals surface area contributed by atoms with E-state index in [2.05, 4.69) is 22.0 Å². The summed E-state index contributed by atoms with van der Waals surface area (Å²) in [4.78, 5) is 17.5. The molecular formula is C26H36N4O3S. The predicted octanol–water partition coefficient (Wildman–Crippen LogP) is 3.19. The van der Waals surface area contributed by atoms with Crippen LogP contribution in [0.25, 0.3) is 0 Å². The van der Waals surface area contributed by atoms with Crippen molar-refractivity contribution in [2.75, 3.05) is 50.7 Å². The maximum absolute atomic E-state index is 13.2. The van der Waals surface area contributed by atoms with Crippen molar-refractivity contribution in [2.45, 2.75) is 43.5 Å². The smallest absolute Gasteiger partial charge is 0.251 e. The largest absolute Gasteiger partial charge is 0.369 e. The average molecular weight is 485 g/mol. The van der Waals surface area contributed by atoms with Crippen molar-refractivity contribution in [3.05, 3.63) is 60.2 Å². The number of piperidine rings is 1. The molecule has 1 amide bonds. The summed E-state index contributed by atoms with van der Waals surface area (Å²) in [5.74, 6) is -0.224. The summed E-state index contributed by atoms with van der Waals surface area (Å²) in [6.45, 7) is 7.08. The predicted molar refractivity (Wildman–Crippen MR) is 136 cm³/mol. The monoisotopic (exact) mass is 484 g/mol. The first-order chi connectivity index (χ1) is 16.4. The number of amides is 1. The summed E-state index contributed by atoms with van der Waals surface area (Å²) in [5.41, 5.74) is 1.49. The number of anilines is 1. The number of piperazine rings is 1. The highest BCUT2D eigenvalue weighted by atomic mass is 32.2. The molecule has 0 unspecified atom stereocenters. The van der Waals surface area contributed by atoms with Crippen LogP contribution in [0, 0.1) is 0 Å². The topological polar surface area (TPSA) is 73.0 Å². The van der Waals surface area contributed by atoms with Gasteiger partial charge in [0.1, 0.15) is 0 Å². The normalized spacial score (nSPS) is 20.3. The molecule has 2 aliphatic rings. The third-order valence-corrected chi connectivity index (χ3v) is 8.84. The van der Waals surface area contributed by atoms with Crippen LogP contribution in [0.4, 0.5) is 5.69 Å². The van der Waals surface area contributed by atoms with Crippen LogP contribution in [0.15, 0.2) is 59.5 Å². The van der Waals surface area contributed by atoms with E-state index in [9.17, 15) is 13.2 Å². The Balaban J connectivity index is 1.30. The van der Waals surface area contributed by atoms with E-state index in [1.54, 1.807) is 18.2 Å². The van der Waals surface area contributed by atoms with Gasteiger partial charge in [-0.1, -0.05) is 30.7 Å². The van der Waals surface area contributed by atoms with Crippen molar-refractivity contribution in [2.24, 2.45) is 0 Å². The first-order valence-electron chi connectivity index (χ1n) is 12.4. The van der Waals surface area contributed by atoms with E-state index in [-0.39, 0.29) is 10.8 Å². The number of carbonyl (C=O) groups is 1. The van der Waals surface area contributed by atoms with Gasteiger partial charge in [0.25, 0.3) is 5.91 Å². The van der Waals surface area contributed by atoms with Crippen molar-refractivity contribution in [1.29, 1.82) is 0 Å². The summed E-state index contributed by atoms with van der Waals surface area (Å²) < 4.78 is 28.0. The first kappa shape index (κ1) is 24.7. The molecule has 2 fully saturated rings. The van der Waals surface area contributed by atoms with E-state index in [0.29, 0.717) is 44.3 Å². The lowest BCUT2D eigenvalue weighted by Gasteiger charge is -2.35. The molecule has 0 aromatic heterocycles. The Morgan fingerprint density at radius 2 is 1.74 bits per heavy atom. The molecule has 0 radical (unpaired) electrons. The lowest BCUT2D eigenvalue weighted by Crippen LogP contribution is -2.48. The average Bonchev–Trinajstić information content (AvgIpc) is 2.88. The Morgan fingerprint density at radius 1 is 0.971 bits per heavy atom. The quantitative estimate of drug-likeness (QED) is 0.583. The molecule has 2 heterocycles. The van der Waals surface area contributed by atoms with Crippen LogP contribution in [0.1, 0.15) is 43.0 Å². The minimum absolute atomic E-state index is 0.176. The second-order valence-electron chi connectivity index (χ2n) is 9.24. The number of carbonyl (C=O) groups excluding carboxylic acids is 1. The second-order valence-corrected chi connectivity index (χ2v) is 11.2. The molecular weight excluding hydrogens is 448 g/mol. The molecule has 4 rings (SSSR count). The van der Waals surface area contributed by atoms with Crippen LogP contribution in [0.3, 0.4) is 0 Å². The molecule has 0 aliphatic carbocycles. The van der Waals surface area contributed by atoms with Gasteiger partial charge < -0.3 is 15.1 Å². The van der Waals surface area contributed by atoms with E-state index in [4.69, 9.17) is 0 Å². The third-order valence-electron chi connectivity index (χ3n) is 6.94. The standard InChI is InChI=1S/C26H36N4O3S/c1-22-9-5-6-15-28(22)16-8-14-27-26(31)23-10-7-13-25(21-23)34(32,33)30-19-17-29(18-20-30)24-11-3-2-4-12-24/h2-4,7,10-13,21-22H,5-6,8-9,14-20H2,1H3,(H,27,31)/t22-/m1/s1. The van der Waals surface area contributed by atoms with E-state index in [1.165, 1.54) is 29.6 Å².